The molecular weight excluding hydrogens is 372 g/mol. The van der Waals surface area contributed by atoms with Crippen molar-refractivity contribution in [2.24, 2.45) is 17.8 Å². The summed E-state index contributed by atoms with van der Waals surface area (Å²) in [6.45, 7) is 4.33. The average Bonchev–Trinajstić information content (AvgIpc) is 3.18. The topological polar surface area (TPSA) is 63.2 Å². The predicted molar refractivity (Wildman–Crippen MR) is 104 cm³/mol. The van der Waals surface area contributed by atoms with Crippen molar-refractivity contribution in [1.29, 1.82) is 0 Å². The number of allylic oxidation sites excluding steroid dienone is 2. The molecule has 1 saturated carbocycles. The second-order valence-corrected chi connectivity index (χ2v) is 8.92. The summed E-state index contributed by atoms with van der Waals surface area (Å²) < 4.78 is 30.6. The van der Waals surface area contributed by atoms with Crippen molar-refractivity contribution in [3.8, 4) is 0 Å². The van der Waals surface area contributed by atoms with Crippen LogP contribution in [0.1, 0.15) is 32.3 Å². The van der Waals surface area contributed by atoms with Crippen molar-refractivity contribution in [2.75, 3.05) is 7.11 Å². The van der Waals surface area contributed by atoms with E-state index in [2.05, 4.69) is 12.1 Å². The third kappa shape index (κ3) is 3.42. The zero-order valence-corrected chi connectivity index (χ0v) is 17.1. The zero-order chi connectivity index (χ0) is 20.2. The number of hydrogen-bond acceptors (Lipinski definition) is 6. The van der Waals surface area contributed by atoms with Gasteiger partial charge in [-0.15, -0.1) is 0 Å². The monoisotopic (exact) mass is 400 g/mol. The quantitative estimate of drug-likeness (QED) is 0.773. The van der Waals surface area contributed by atoms with E-state index in [1.165, 1.54) is 0 Å². The molecule has 0 aromatic heterocycles. The Bertz CT molecular complexity index is 803. The maximum atomic E-state index is 12.3. The van der Waals surface area contributed by atoms with E-state index in [9.17, 15) is 4.79 Å². The zero-order valence-electron chi connectivity index (χ0n) is 17.1. The van der Waals surface area contributed by atoms with Gasteiger partial charge < -0.3 is 23.7 Å². The fourth-order valence-corrected chi connectivity index (χ4v) is 5.53. The molecule has 2 aliphatic heterocycles. The molecule has 0 unspecified atom stereocenters. The van der Waals surface area contributed by atoms with Gasteiger partial charge in [0, 0.05) is 24.3 Å². The minimum absolute atomic E-state index is 0.0283. The SMILES string of the molecule is COC1=CC(=O)C[C@H]2C[C@H](OCc3ccccc3)[C@H]3O[C@@H]4OC(C)(C)O[C@@H]4[C@@H]3[C@@H]12. The summed E-state index contributed by atoms with van der Waals surface area (Å²) in [5.41, 5.74) is 1.12. The molecule has 6 nitrogen and oxygen atoms in total. The van der Waals surface area contributed by atoms with E-state index in [1.807, 2.05) is 32.0 Å². The molecule has 1 aromatic rings. The maximum Gasteiger partial charge on any atom is 0.187 e. The number of rotatable bonds is 4. The Morgan fingerprint density at radius 1 is 1.14 bits per heavy atom. The molecule has 0 bridgehead atoms. The molecular formula is C23H28O6. The summed E-state index contributed by atoms with van der Waals surface area (Å²) in [5, 5.41) is 0. The van der Waals surface area contributed by atoms with E-state index in [-0.39, 0.29) is 41.8 Å². The van der Waals surface area contributed by atoms with Crippen LogP contribution in [0.25, 0.3) is 0 Å². The number of ether oxygens (including phenoxy) is 5. The van der Waals surface area contributed by atoms with Crippen molar-refractivity contribution in [2.45, 2.75) is 63.7 Å². The van der Waals surface area contributed by atoms with E-state index in [0.717, 1.165) is 17.7 Å². The standard InChI is InChI=1S/C23H28O6/c1-23(2)28-21-19-18-14(9-15(24)11-16(18)25-3)10-17(20(19)27-22(21)29-23)26-12-13-7-5-4-6-8-13/h4-8,11,14,17-22H,9-10,12H2,1-3H3/t14-,17-,18+,19+,20+,21+,22+/m0/s1. The molecule has 0 spiro atoms. The van der Waals surface area contributed by atoms with Crippen LogP contribution in [0.3, 0.4) is 0 Å². The van der Waals surface area contributed by atoms with Gasteiger partial charge in [0.2, 0.25) is 0 Å². The van der Waals surface area contributed by atoms with Gasteiger partial charge in [-0.05, 0) is 31.7 Å². The number of methoxy groups -OCH3 is 1. The molecule has 2 heterocycles. The number of carbonyl (C=O) groups is 1. The van der Waals surface area contributed by atoms with Crippen molar-refractivity contribution in [1.82, 2.24) is 0 Å². The van der Waals surface area contributed by atoms with Gasteiger partial charge in [0.1, 0.15) is 11.9 Å². The second-order valence-electron chi connectivity index (χ2n) is 8.92. The van der Waals surface area contributed by atoms with Gasteiger partial charge in [0.05, 0.1) is 25.9 Å². The lowest BCUT2D eigenvalue weighted by Gasteiger charge is -2.46. The molecule has 0 N–H and O–H groups in total. The van der Waals surface area contributed by atoms with Crippen molar-refractivity contribution >= 4 is 5.78 Å². The number of carbonyl (C=O) groups excluding carboxylic acids is 1. The minimum Gasteiger partial charge on any atom is -0.501 e. The summed E-state index contributed by atoms with van der Waals surface area (Å²) >= 11 is 0. The van der Waals surface area contributed by atoms with Crippen LogP contribution in [0.15, 0.2) is 42.2 Å². The highest BCUT2D eigenvalue weighted by Gasteiger charge is 2.63. The molecule has 1 aromatic carbocycles. The van der Waals surface area contributed by atoms with E-state index in [4.69, 9.17) is 23.7 Å². The van der Waals surface area contributed by atoms with Crippen LogP contribution in [-0.2, 0) is 35.1 Å². The van der Waals surface area contributed by atoms with E-state index < -0.39 is 12.1 Å². The van der Waals surface area contributed by atoms with Crippen LogP contribution in [-0.4, -0.2) is 43.3 Å². The highest BCUT2D eigenvalue weighted by molar-refractivity contribution is 5.91. The fourth-order valence-electron chi connectivity index (χ4n) is 5.53. The summed E-state index contributed by atoms with van der Waals surface area (Å²) in [5.74, 6) is 0.421. The molecule has 2 aliphatic carbocycles. The Morgan fingerprint density at radius 2 is 1.93 bits per heavy atom. The molecule has 0 radical (unpaired) electrons. The van der Waals surface area contributed by atoms with Gasteiger partial charge >= 0.3 is 0 Å². The summed E-state index contributed by atoms with van der Waals surface area (Å²) in [7, 11) is 1.64. The van der Waals surface area contributed by atoms with Gasteiger partial charge in [-0.2, -0.15) is 0 Å². The van der Waals surface area contributed by atoms with Crippen molar-refractivity contribution < 1.29 is 28.5 Å². The molecule has 6 heteroatoms. The lowest BCUT2D eigenvalue weighted by atomic mass is 9.64. The van der Waals surface area contributed by atoms with Crippen LogP contribution < -0.4 is 0 Å². The third-order valence-corrected chi connectivity index (χ3v) is 6.60. The average molecular weight is 400 g/mol. The fraction of sp³-hybridized carbons (Fsp3) is 0.609. The number of ketones is 1. The van der Waals surface area contributed by atoms with Crippen molar-refractivity contribution in [3.63, 3.8) is 0 Å². The first-order chi connectivity index (χ1) is 13.9. The Labute approximate surface area is 171 Å². The van der Waals surface area contributed by atoms with Gasteiger partial charge in [-0.25, -0.2) is 0 Å². The molecule has 156 valence electrons. The Morgan fingerprint density at radius 3 is 2.69 bits per heavy atom. The van der Waals surface area contributed by atoms with Gasteiger partial charge in [-0.3, -0.25) is 4.79 Å². The molecule has 2 saturated heterocycles. The Kier molecular flexibility index (Phi) is 4.78. The number of benzene rings is 1. The van der Waals surface area contributed by atoms with Crippen LogP contribution >= 0.6 is 0 Å². The van der Waals surface area contributed by atoms with Gasteiger partial charge in [-0.1, -0.05) is 30.3 Å². The van der Waals surface area contributed by atoms with Crippen molar-refractivity contribution in [3.05, 3.63) is 47.7 Å². The van der Waals surface area contributed by atoms with Gasteiger partial charge in [0.25, 0.3) is 0 Å². The predicted octanol–water partition coefficient (Wildman–Crippen LogP) is 3.20. The van der Waals surface area contributed by atoms with Crippen LogP contribution in [0, 0.1) is 17.8 Å². The number of fused-ring (bicyclic) bond motifs is 5. The van der Waals surface area contributed by atoms with Crippen LogP contribution in [0.4, 0.5) is 0 Å². The molecule has 7 atom stereocenters. The first kappa shape index (κ1) is 19.2. The van der Waals surface area contributed by atoms with E-state index in [1.54, 1.807) is 13.2 Å². The van der Waals surface area contributed by atoms with Crippen LogP contribution in [0.5, 0.6) is 0 Å². The number of hydrogen-bond donors (Lipinski definition) is 0. The minimum atomic E-state index is -0.685. The second kappa shape index (κ2) is 7.20. The Hall–Kier alpha value is -1.73. The molecule has 4 aliphatic rings. The first-order valence-corrected chi connectivity index (χ1v) is 10.4. The lowest BCUT2D eigenvalue weighted by Crippen LogP contribution is -2.51. The largest absolute Gasteiger partial charge is 0.501 e. The van der Waals surface area contributed by atoms with Crippen LogP contribution in [0.2, 0.25) is 0 Å². The molecule has 0 amide bonds. The molecule has 3 fully saturated rings. The Balaban J connectivity index is 1.44. The summed E-state index contributed by atoms with van der Waals surface area (Å²) in [4.78, 5) is 12.3. The maximum absolute atomic E-state index is 12.3. The highest BCUT2D eigenvalue weighted by atomic mass is 16.8. The van der Waals surface area contributed by atoms with E-state index in [0.29, 0.717) is 13.0 Å². The smallest absolute Gasteiger partial charge is 0.187 e. The highest BCUT2D eigenvalue weighted by Crippen LogP contribution is 2.54. The van der Waals surface area contributed by atoms with E-state index >= 15 is 0 Å². The van der Waals surface area contributed by atoms with Gasteiger partial charge in [0.15, 0.2) is 17.9 Å². The first-order valence-electron chi connectivity index (χ1n) is 10.4. The summed E-state index contributed by atoms with van der Waals surface area (Å²) in [6.07, 6.45) is 2.03. The summed E-state index contributed by atoms with van der Waals surface area (Å²) in [6, 6.07) is 10.1. The normalized spacial score (nSPS) is 40.0. The lowest BCUT2D eigenvalue weighted by molar-refractivity contribution is -0.236. The third-order valence-electron chi connectivity index (χ3n) is 6.60. The molecule has 29 heavy (non-hydrogen) atoms. The molecule has 5 rings (SSSR count).